The van der Waals surface area contributed by atoms with Gasteiger partial charge < -0.3 is 19.8 Å². The summed E-state index contributed by atoms with van der Waals surface area (Å²) in [5, 5.41) is 13.9. The molecule has 0 aromatic heterocycles. The predicted octanol–water partition coefficient (Wildman–Crippen LogP) is 18.0. The Morgan fingerprint density at radius 1 is 0.486 bits per heavy atom. The van der Waals surface area contributed by atoms with Crippen LogP contribution in [0, 0.1) is 0 Å². The van der Waals surface area contributed by atoms with E-state index in [1.54, 1.807) is 6.08 Å². The SMILES string of the molecule is CC/C=C\C/C=C\C/C=C\C/C=C\C/C=C\C/C=C\C/C=C\C/C=C\CCCCCCCCC(=O)NC(COP(=O)(O)OCC[N+](C)(C)C)C(O)/C=C/CCCCCCCCCCCCCCCCCCC. The van der Waals surface area contributed by atoms with Gasteiger partial charge in [-0.05, 0) is 83.5 Å². The van der Waals surface area contributed by atoms with Gasteiger partial charge in [0.1, 0.15) is 13.2 Å². The van der Waals surface area contributed by atoms with E-state index < -0.39 is 20.0 Å². The van der Waals surface area contributed by atoms with Gasteiger partial charge in [0.2, 0.25) is 5.91 Å². The van der Waals surface area contributed by atoms with Gasteiger partial charge in [-0.25, -0.2) is 4.57 Å². The number of allylic oxidation sites excluding steroid dienone is 17. The van der Waals surface area contributed by atoms with Crippen LogP contribution in [0.5, 0.6) is 0 Å². The maximum atomic E-state index is 13.0. The molecule has 0 fully saturated rings. The number of phosphoric acid groups is 1. The first-order chi connectivity index (χ1) is 35.0. The van der Waals surface area contributed by atoms with Gasteiger partial charge in [-0.3, -0.25) is 13.8 Å². The van der Waals surface area contributed by atoms with Crippen molar-refractivity contribution in [3.05, 3.63) is 109 Å². The highest BCUT2D eigenvalue weighted by Gasteiger charge is 2.27. The van der Waals surface area contributed by atoms with Crippen molar-refractivity contribution in [3.63, 3.8) is 0 Å². The largest absolute Gasteiger partial charge is 0.472 e. The van der Waals surface area contributed by atoms with Gasteiger partial charge in [0, 0.05) is 6.42 Å². The number of amides is 1. The lowest BCUT2D eigenvalue weighted by Gasteiger charge is -2.25. The number of unbranched alkanes of at least 4 members (excludes halogenated alkanes) is 23. The third-order valence-corrected chi connectivity index (χ3v) is 13.5. The van der Waals surface area contributed by atoms with Gasteiger partial charge in [0.15, 0.2) is 0 Å². The second-order valence-electron chi connectivity index (χ2n) is 20.6. The van der Waals surface area contributed by atoms with E-state index in [-0.39, 0.29) is 19.1 Å². The average Bonchev–Trinajstić information content (AvgIpc) is 3.34. The van der Waals surface area contributed by atoms with Crippen LogP contribution in [0.25, 0.3) is 0 Å². The van der Waals surface area contributed by atoms with Crippen LogP contribution in [-0.2, 0) is 18.4 Å². The van der Waals surface area contributed by atoms with E-state index in [0.717, 1.165) is 103 Å². The first-order valence-electron chi connectivity index (χ1n) is 29.3. The van der Waals surface area contributed by atoms with E-state index in [4.69, 9.17) is 9.05 Å². The molecule has 3 N–H and O–H groups in total. The number of carbonyl (C=O) groups excluding carboxylic acids is 1. The number of carbonyl (C=O) groups is 1. The molecule has 0 aliphatic rings. The normalized spacial score (nSPS) is 14.7. The van der Waals surface area contributed by atoms with Crippen molar-refractivity contribution in [2.45, 2.75) is 244 Å². The van der Waals surface area contributed by atoms with Crippen molar-refractivity contribution in [1.82, 2.24) is 5.32 Å². The number of aliphatic hydroxyl groups is 1. The Balaban J connectivity index is 4.28. The summed E-state index contributed by atoms with van der Waals surface area (Å²) in [6, 6.07) is -0.863. The van der Waals surface area contributed by atoms with Crippen LogP contribution < -0.4 is 5.32 Å². The second-order valence-corrected chi connectivity index (χ2v) is 22.1. The van der Waals surface area contributed by atoms with Gasteiger partial charge in [0.25, 0.3) is 0 Å². The molecule has 0 bridgehead atoms. The van der Waals surface area contributed by atoms with Crippen molar-refractivity contribution in [2.75, 3.05) is 40.9 Å². The monoisotopic (exact) mass is 1020 g/mol. The fourth-order valence-corrected chi connectivity index (χ4v) is 8.68. The number of hydrogen-bond acceptors (Lipinski definition) is 5. The highest BCUT2D eigenvalue weighted by Crippen LogP contribution is 2.43. The Labute approximate surface area is 444 Å². The molecule has 72 heavy (non-hydrogen) atoms. The number of nitrogens with zero attached hydrogens (tertiary/aromatic N) is 1. The van der Waals surface area contributed by atoms with Gasteiger partial charge >= 0.3 is 7.82 Å². The fourth-order valence-electron chi connectivity index (χ4n) is 7.94. The minimum atomic E-state index is -4.36. The quantitative estimate of drug-likeness (QED) is 0.0243. The minimum Gasteiger partial charge on any atom is -0.387 e. The van der Waals surface area contributed by atoms with E-state index in [0.29, 0.717) is 17.4 Å². The molecule has 3 atom stereocenters. The first-order valence-corrected chi connectivity index (χ1v) is 30.8. The molecule has 1 amide bonds. The maximum absolute atomic E-state index is 13.0. The zero-order valence-electron chi connectivity index (χ0n) is 47.1. The molecule has 0 saturated heterocycles. The molecule has 0 spiro atoms. The lowest BCUT2D eigenvalue weighted by Crippen LogP contribution is -2.45. The highest BCUT2D eigenvalue weighted by molar-refractivity contribution is 7.47. The fraction of sp³-hybridized carbons (Fsp3) is 0.698. The van der Waals surface area contributed by atoms with Gasteiger partial charge in [-0.15, -0.1) is 0 Å². The number of likely N-dealkylation sites (N-methyl/N-ethyl adjacent to an activating group) is 1. The first kappa shape index (κ1) is 69.2. The lowest BCUT2D eigenvalue weighted by molar-refractivity contribution is -0.870. The van der Waals surface area contributed by atoms with Crippen molar-refractivity contribution in [2.24, 2.45) is 0 Å². The van der Waals surface area contributed by atoms with Crippen LogP contribution in [0.2, 0.25) is 0 Å². The van der Waals surface area contributed by atoms with Crippen LogP contribution in [-0.4, -0.2) is 73.4 Å². The zero-order chi connectivity index (χ0) is 52.7. The minimum absolute atomic E-state index is 0.0528. The van der Waals surface area contributed by atoms with Crippen LogP contribution in [0.4, 0.5) is 0 Å². The van der Waals surface area contributed by atoms with Crippen LogP contribution in [0.15, 0.2) is 109 Å². The van der Waals surface area contributed by atoms with E-state index in [2.05, 4.69) is 116 Å². The van der Waals surface area contributed by atoms with Crippen LogP contribution in [0.3, 0.4) is 0 Å². The number of hydrogen-bond donors (Lipinski definition) is 3. The topological polar surface area (TPSA) is 105 Å². The predicted molar refractivity (Wildman–Crippen MR) is 313 cm³/mol. The molecule has 414 valence electrons. The summed E-state index contributed by atoms with van der Waals surface area (Å²) in [4.78, 5) is 23.3. The molecule has 8 nitrogen and oxygen atoms in total. The molecule has 9 heteroatoms. The van der Waals surface area contributed by atoms with Crippen LogP contribution >= 0.6 is 7.82 Å². The summed E-state index contributed by atoms with van der Waals surface area (Å²) in [5.74, 6) is -0.195. The molecule has 0 aliphatic heterocycles. The van der Waals surface area contributed by atoms with Crippen molar-refractivity contribution >= 4 is 13.7 Å². The summed E-state index contributed by atoms with van der Waals surface area (Å²) in [6.07, 6.45) is 77.5. The molecular weight excluding hydrogens is 912 g/mol. The molecule has 0 aromatic rings. The number of quaternary nitrogens is 1. The Bertz CT molecular complexity index is 1540. The zero-order valence-corrected chi connectivity index (χ0v) is 48.0. The third kappa shape index (κ3) is 54.9. The Kier molecular flexibility index (Phi) is 50.9. The summed E-state index contributed by atoms with van der Waals surface area (Å²) in [5.41, 5.74) is 0. The van der Waals surface area contributed by atoms with E-state index in [9.17, 15) is 19.4 Å². The number of aliphatic hydroxyl groups excluding tert-OH is 1. The number of nitrogens with one attached hydrogen (secondary N) is 1. The average molecular weight is 1020 g/mol. The molecular formula is C63H112N2O6P+. The van der Waals surface area contributed by atoms with E-state index >= 15 is 0 Å². The number of rotatable bonds is 52. The molecule has 0 aliphatic carbocycles. The van der Waals surface area contributed by atoms with Crippen molar-refractivity contribution in [3.8, 4) is 0 Å². The molecule has 0 saturated carbocycles. The molecule has 3 unspecified atom stereocenters. The number of phosphoric ester groups is 1. The summed E-state index contributed by atoms with van der Waals surface area (Å²) < 4.78 is 23.7. The summed E-state index contributed by atoms with van der Waals surface area (Å²) in [7, 11) is 1.55. The van der Waals surface area contributed by atoms with Crippen molar-refractivity contribution in [1.29, 1.82) is 0 Å². The standard InChI is InChI=1S/C63H111N2O6P/c1-6-8-10-12-14-16-18-20-22-24-26-27-28-29-30-31-32-33-34-35-36-37-39-41-43-45-47-49-51-53-55-57-63(67)64-61(60-71-72(68,69)70-59-58-65(3,4)5)62(66)56-54-52-50-48-46-44-42-40-38-25-23-21-19-17-15-13-11-9-7-2/h8,10,14,16,20,22,26-27,29-30,32-33,35-36,39,41,54,56,61-62,66H,6-7,9,11-13,15,17-19,21,23-25,28,31,34,37-38,40,42-53,55,57-60H2,1-5H3,(H-,64,67,68,69)/p+1/b10-8-,16-14-,22-20-,27-26-,30-29-,33-32-,36-35-,41-39-,56-54+. The third-order valence-electron chi connectivity index (χ3n) is 12.5. The van der Waals surface area contributed by atoms with E-state index in [1.807, 2.05) is 27.2 Å². The van der Waals surface area contributed by atoms with Gasteiger partial charge in [0.05, 0.1) is 39.9 Å². The van der Waals surface area contributed by atoms with E-state index in [1.165, 1.54) is 109 Å². The molecule has 0 aromatic carbocycles. The summed E-state index contributed by atoms with van der Waals surface area (Å²) in [6.45, 7) is 4.69. The Morgan fingerprint density at radius 3 is 1.22 bits per heavy atom. The Morgan fingerprint density at radius 2 is 0.833 bits per heavy atom. The highest BCUT2D eigenvalue weighted by atomic mass is 31.2. The molecule has 0 radical (unpaired) electrons. The lowest BCUT2D eigenvalue weighted by atomic mass is 10.0. The molecule has 0 heterocycles. The smallest absolute Gasteiger partial charge is 0.387 e. The maximum Gasteiger partial charge on any atom is 0.472 e. The van der Waals surface area contributed by atoms with Crippen LogP contribution in [0.1, 0.15) is 232 Å². The second kappa shape index (κ2) is 53.0. The van der Waals surface area contributed by atoms with Crippen molar-refractivity contribution < 1.29 is 32.9 Å². The molecule has 0 rings (SSSR count). The van der Waals surface area contributed by atoms with Gasteiger partial charge in [-0.1, -0.05) is 252 Å². The Hall–Kier alpha value is -2.84. The van der Waals surface area contributed by atoms with Gasteiger partial charge in [-0.2, -0.15) is 0 Å². The summed E-state index contributed by atoms with van der Waals surface area (Å²) >= 11 is 0.